The van der Waals surface area contributed by atoms with Gasteiger partial charge in [0, 0.05) is 29.4 Å². The van der Waals surface area contributed by atoms with Crippen LogP contribution in [0.2, 0.25) is 0 Å². The summed E-state index contributed by atoms with van der Waals surface area (Å²) in [5.41, 5.74) is 3.77. The van der Waals surface area contributed by atoms with Gasteiger partial charge in [0.05, 0.1) is 17.6 Å². The summed E-state index contributed by atoms with van der Waals surface area (Å²) in [5, 5.41) is 9.27. The number of anilines is 2. The smallest absolute Gasteiger partial charge is 0.255 e. The summed E-state index contributed by atoms with van der Waals surface area (Å²) in [6.07, 6.45) is 6.22. The van der Waals surface area contributed by atoms with Crippen LogP contribution in [-0.2, 0) is 11.3 Å². The fourth-order valence-electron chi connectivity index (χ4n) is 5.27. The number of hydrogen-bond acceptors (Lipinski definition) is 5. The predicted octanol–water partition coefficient (Wildman–Crippen LogP) is 4.52. The first-order chi connectivity index (χ1) is 17.5. The number of aromatic nitrogens is 2. The monoisotopic (exact) mass is 488 g/mol. The van der Waals surface area contributed by atoms with Crippen LogP contribution in [-0.4, -0.2) is 52.4 Å². The molecule has 2 aliphatic heterocycles. The zero-order chi connectivity index (χ0) is 24.9. The highest BCUT2D eigenvalue weighted by Gasteiger charge is 2.21. The van der Waals surface area contributed by atoms with Crippen molar-refractivity contribution in [1.29, 1.82) is 0 Å². The molecule has 2 aromatic carbocycles. The number of fused-ring (bicyclic) bond motifs is 1. The maximum absolute atomic E-state index is 12.8. The summed E-state index contributed by atoms with van der Waals surface area (Å²) in [5.74, 6) is 1.42. The van der Waals surface area contributed by atoms with Crippen LogP contribution in [0.15, 0.2) is 42.5 Å². The van der Waals surface area contributed by atoms with Gasteiger partial charge in [-0.2, -0.15) is 0 Å². The summed E-state index contributed by atoms with van der Waals surface area (Å²) < 4.78 is 0. The van der Waals surface area contributed by atoms with Crippen LogP contribution in [0.5, 0.6) is 0 Å². The third kappa shape index (κ3) is 6.12. The number of amides is 2. The number of rotatable bonds is 8. The molecular weight excluding hydrogens is 452 g/mol. The molecule has 0 radical (unpaired) electrons. The number of aromatic amines is 1. The van der Waals surface area contributed by atoms with Crippen LogP contribution < -0.4 is 16.0 Å². The van der Waals surface area contributed by atoms with Crippen molar-refractivity contribution in [2.75, 3.05) is 30.3 Å². The van der Waals surface area contributed by atoms with E-state index >= 15 is 0 Å². The van der Waals surface area contributed by atoms with Gasteiger partial charge < -0.3 is 20.9 Å². The highest BCUT2D eigenvalue weighted by atomic mass is 16.2. The number of H-pyrrole nitrogens is 1. The third-order valence-electron chi connectivity index (χ3n) is 7.50. The number of hydrogen-bond donors (Lipinski definition) is 4. The van der Waals surface area contributed by atoms with Crippen molar-refractivity contribution < 1.29 is 9.59 Å². The van der Waals surface area contributed by atoms with E-state index in [0.29, 0.717) is 35.3 Å². The number of imidazole rings is 1. The van der Waals surface area contributed by atoms with E-state index in [1.54, 1.807) is 24.3 Å². The molecule has 190 valence electrons. The van der Waals surface area contributed by atoms with Crippen molar-refractivity contribution in [3.05, 3.63) is 53.9 Å². The van der Waals surface area contributed by atoms with Crippen LogP contribution in [0.25, 0.3) is 11.0 Å². The zero-order valence-electron chi connectivity index (χ0n) is 21.0. The molecule has 3 heterocycles. The van der Waals surface area contributed by atoms with Gasteiger partial charge in [-0.1, -0.05) is 0 Å². The highest BCUT2D eigenvalue weighted by Crippen LogP contribution is 2.22. The van der Waals surface area contributed by atoms with Gasteiger partial charge in [-0.05, 0) is 107 Å². The zero-order valence-corrected chi connectivity index (χ0v) is 21.0. The van der Waals surface area contributed by atoms with E-state index in [1.165, 1.54) is 12.8 Å². The quantitative estimate of drug-likeness (QED) is 0.373. The second-order valence-corrected chi connectivity index (χ2v) is 10.2. The van der Waals surface area contributed by atoms with Crippen molar-refractivity contribution in [3.63, 3.8) is 0 Å². The molecule has 2 amide bonds. The topological polar surface area (TPSA) is 102 Å². The minimum atomic E-state index is -0.191. The van der Waals surface area contributed by atoms with Crippen LogP contribution in [0, 0.1) is 5.92 Å². The number of nitrogens with zero attached hydrogens (tertiary/aromatic N) is 2. The Morgan fingerprint density at radius 1 is 1.03 bits per heavy atom. The van der Waals surface area contributed by atoms with E-state index in [-0.39, 0.29) is 11.8 Å². The summed E-state index contributed by atoms with van der Waals surface area (Å²) in [7, 11) is 0. The van der Waals surface area contributed by atoms with Crippen molar-refractivity contribution in [2.45, 2.75) is 58.0 Å². The fraction of sp³-hybridized carbons (Fsp3) is 0.464. The van der Waals surface area contributed by atoms with Gasteiger partial charge in [0.15, 0.2) is 0 Å². The van der Waals surface area contributed by atoms with E-state index in [0.717, 1.165) is 62.3 Å². The normalized spacial score (nSPS) is 19.0. The first kappa shape index (κ1) is 24.5. The van der Waals surface area contributed by atoms with E-state index in [1.807, 2.05) is 18.2 Å². The number of carbonyl (C=O) groups excluding carboxylic acids is 2. The lowest BCUT2D eigenvalue weighted by Gasteiger charge is -2.22. The highest BCUT2D eigenvalue weighted by molar-refractivity contribution is 6.05. The number of nitrogens with one attached hydrogen (secondary N) is 4. The summed E-state index contributed by atoms with van der Waals surface area (Å²) >= 11 is 0. The van der Waals surface area contributed by atoms with Gasteiger partial charge in [0.1, 0.15) is 5.82 Å². The number of piperidine rings is 1. The molecule has 8 nitrogen and oxygen atoms in total. The molecule has 1 atom stereocenters. The molecule has 0 aliphatic carbocycles. The Morgan fingerprint density at radius 3 is 2.56 bits per heavy atom. The lowest BCUT2D eigenvalue weighted by molar-refractivity contribution is -0.116. The molecule has 2 aliphatic rings. The van der Waals surface area contributed by atoms with Crippen molar-refractivity contribution in [3.8, 4) is 0 Å². The standard InChI is InChI=1S/C28H36N6O2/c1-19-3-2-16-34(19)18-26-32-24-10-9-23(17-25(24)33-26)31-28(36)21-5-7-22(8-6-21)30-27(35)11-4-20-12-14-29-15-13-20/h5-10,17,19-20,29H,2-4,11-16,18H2,1H3,(H,30,35)(H,31,36)(H,32,33)/t19-/m0/s1. The molecular formula is C28H36N6O2. The molecule has 2 fully saturated rings. The maximum atomic E-state index is 12.8. The number of benzene rings is 2. The number of carbonyl (C=O) groups is 2. The minimum absolute atomic E-state index is 0.0251. The van der Waals surface area contributed by atoms with Gasteiger partial charge in [-0.3, -0.25) is 14.5 Å². The van der Waals surface area contributed by atoms with Gasteiger partial charge in [0.2, 0.25) is 5.91 Å². The molecule has 0 unspecified atom stereocenters. The average Bonchev–Trinajstić information content (AvgIpc) is 3.48. The summed E-state index contributed by atoms with van der Waals surface area (Å²) in [6.45, 7) is 6.29. The molecule has 8 heteroatoms. The van der Waals surface area contributed by atoms with Gasteiger partial charge in [-0.25, -0.2) is 4.98 Å². The molecule has 36 heavy (non-hydrogen) atoms. The first-order valence-electron chi connectivity index (χ1n) is 13.2. The van der Waals surface area contributed by atoms with E-state index < -0.39 is 0 Å². The average molecular weight is 489 g/mol. The number of likely N-dealkylation sites (tertiary alicyclic amines) is 1. The summed E-state index contributed by atoms with van der Waals surface area (Å²) in [4.78, 5) is 35.7. The molecule has 0 bridgehead atoms. The lowest BCUT2D eigenvalue weighted by Crippen LogP contribution is -2.28. The molecule has 2 saturated heterocycles. The third-order valence-corrected chi connectivity index (χ3v) is 7.50. The van der Waals surface area contributed by atoms with Crippen LogP contribution in [0.1, 0.15) is 61.6 Å². The van der Waals surface area contributed by atoms with Crippen molar-refractivity contribution in [1.82, 2.24) is 20.2 Å². The molecule has 4 N–H and O–H groups in total. The largest absolute Gasteiger partial charge is 0.341 e. The van der Waals surface area contributed by atoms with Crippen LogP contribution in [0.3, 0.4) is 0 Å². The first-order valence-corrected chi connectivity index (χ1v) is 13.2. The van der Waals surface area contributed by atoms with Gasteiger partial charge in [0.25, 0.3) is 5.91 Å². The Morgan fingerprint density at radius 2 is 1.81 bits per heavy atom. The SMILES string of the molecule is C[C@H]1CCCN1Cc1nc2ccc(NC(=O)c3ccc(NC(=O)CCC4CCNCC4)cc3)cc2[nH]1. The van der Waals surface area contributed by atoms with E-state index in [4.69, 9.17) is 4.98 Å². The van der Waals surface area contributed by atoms with Gasteiger partial charge >= 0.3 is 0 Å². The molecule has 3 aromatic rings. The Labute approximate surface area is 212 Å². The molecule has 1 aromatic heterocycles. The molecule has 0 spiro atoms. The lowest BCUT2D eigenvalue weighted by atomic mass is 9.93. The van der Waals surface area contributed by atoms with Crippen LogP contribution >= 0.6 is 0 Å². The molecule has 0 saturated carbocycles. The second kappa shape index (κ2) is 11.2. The Balaban J connectivity index is 1.14. The van der Waals surface area contributed by atoms with Crippen LogP contribution in [0.4, 0.5) is 11.4 Å². The fourth-order valence-corrected chi connectivity index (χ4v) is 5.27. The van der Waals surface area contributed by atoms with E-state index in [2.05, 4.69) is 32.8 Å². The molecule has 5 rings (SSSR count). The Bertz CT molecular complexity index is 1200. The summed E-state index contributed by atoms with van der Waals surface area (Å²) in [6, 6.07) is 13.4. The predicted molar refractivity (Wildman–Crippen MR) is 143 cm³/mol. The minimum Gasteiger partial charge on any atom is -0.341 e. The van der Waals surface area contributed by atoms with Gasteiger partial charge in [-0.15, -0.1) is 0 Å². The van der Waals surface area contributed by atoms with Crippen molar-refractivity contribution in [2.24, 2.45) is 5.92 Å². The maximum Gasteiger partial charge on any atom is 0.255 e. The Kier molecular flexibility index (Phi) is 7.63. The van der Waals surface area contributed by atoms with Crippen molar-refractivity contribution >= 4 is 34.2 Å². The second-order valence-electron chi connectivity index (χ2n) is 10.2. The van der Waals surface area contributed by atoms with E-state index in [9.17, 15) is 9.59 Å². The Hall–Kier alpha value is -3.23.